The number of hydrogen-bond acceptors (Lipinski definition) is 1. The highest BCUT2D eigenvalue weighted by atomic mass is 35.5. The molecule has 6 heteroatoms. The Morgan fingerprint density at radius 1 is 1.00 bits per heavy atom. The van der Waals surface area contributed by atoms with Crippen molar-refractivity contribution in [2.45, 2.75) is 4.90 Å². The highest BCUT2D eigenvalue weighted by Crippen LogP contribution is 2.42. The van der Waals surface area contributed by atoms with Gasteiger partial charge >= 0.3 is 0 Å². The molecule has 1 aromatic rings. The predicted molar refractivity (Wildman–Crippen MR) is 63.1 cm³/mol. The fourth-order valence-electron chi connectivity index (χ4n) is 0.733. The first-order chi connectivity index (χ1) is 6.07. The molecule has 72 valence electrons. The van der Waals surface area contributed by atoms with E-state index >= 15 is 0 Å². The Bertz CT molecular complexity index is 299. The van der Waals surface area contributed by atoms with E-state index < -0.39 is 0 Å². The Balaban J connectivity index is 3.28. The second-order valence-electron chi connectivity index (χ2n) is 2.05. The first-order valence-corrected chi connectivity index (χ1v) is 6.13. The van der Waals surface area contributed by atoms with Crippen LogP contribution in [0.15, 0.2) is 11.0 Å². The van der Waals surface area contributed by atoms with E-state index in [2.05, 4.69) is 0 Å². The van der Waals surface area contributed by atoms with Gasteiger partial charge in [-0.05, 0) is 6.07 Å². The SMILES string of the molecule is ClCSc1c(Cl)c(Cl)cc(Cl)c1Cl. The van der Waals surface area contributed by atoms with Crippen LogP contribution >= 0.6 is 69.8 Å². The summed E-state index contributed by atoms with van der Waals surface area (Å²) < 4.78 is 0. The average molecular weight is 296 g/mol. The van der Waals surface area contributed by atoms with E-state index in [9.17, 15) is 0 Å². The lowest BCUT2D eigenvalue weighted by atomic mass is 10.3. The van der Waals surface area contributed by atoms with E-state index in [4.69, 9.17) is 58.0 Å². The van der Waals surface area contributed by atoms with Gasteiger partial charge in [0.25, 0.3) is 0 Å². The molecule has 0 bridgehead atoms. The number of halogens is 5. The lowest BCUT2D eigenvalue weighted by molar-refractivity contribution is 1.46. The van der Waals surface area contributed by atoms with Crippen LogP contribution in [-0.4, -0.2) is 5.21 Å². The Morgan fingerprint density at radius 3 is 1.85 bits per heavy atom. The molecule has 0 aliphatic heterocycles. The van der Waals surface area contributed by atoms with Gasteiger partial charge in [-0.1, -0.05) is 46.4 Å². The summed E-state index contributed by atoms with van der Waals surface area (Å²) >= 11 is 30.2. The summed E-state index contributed by atoms with van der Waals surface area (Å²) in [6.07, 6.45) is 0. The zero-order valence-corrected chi connectivity index (χ0v) is 10.7. The number of thioether (sulfide) groups is 1. The van der Waals surface area contributed by atoms with Gasteiger partial charge in [-0.15, -0.1) is 23.4 Å². The molecule has 0 unspecified atom stereocenters. The average Bonchev–Trinajstić information content (AvgIpc) is 2.09. The number of rotatable bonds is 2. The van der Waals surface area contributed by atoms with E-state index in [0.717, 1.165) is 0 Å². The van der Waals surface area contributed by atoms with Crippen molar-refractivity contribution >= 4 is 69.8 Å². The topological polar surface area (TPSA) is 0 Å². The summed E-state index contributed by atoms with van der Waals surface area (Å²) in [7, 11) is 0. The van der Waals surface area contributed by atoms with Gasteiger partial charge in [0.2, 0.25) is 0 Å². The molecule has 0 fully saturated rings. The van der Waals surface area contributed by atoms with Crippen LogP contribution in [0.5, 0.6) is 0 Å². The van der Waals surface area contributed by atoms with Crippen LogP contribution in [0, 0.1) is 0 Å². The molecule has 0 saturated heterocycles. The van der Waals surface area contributed by atoms with Crippen LogP contribution in [0.4, 0.5) is 0 Å². The van der Waals surface area contributed by atoms with Gasteiger partial charge in [0.15, 0.2) is 0 Å². The van der Waals surface area contributed by atoms with Crippen molar-refractivity contribution < 1.29 is 0 Å². The van der Waals surface area contributed by atoms with Crippen molar-refractivity contribution in [1.82, 2.24) is 0 Å². The molecule has 0 saturated carbocycles. The predicted octanol–water partition coefficient (Wildman–Crippen LogP) is 5.59. The first-order valence-electron chi connectivity index (χ1n) is 3.09. The van der Waals surface area contributed by atoms with Crippen molar-refractivity contribution in [2.75, 3.05) is 5.21 Å². The van der Waals surface area contributed by atoms with Gasteiger partial charge in [-0.25, -0.2) is 0 Å². The second kappa shape index (κ2) is 5.20. The molecule has 1 rings (SSSR count). The van der Waals surface area contributed by atoms with Crippen molar-refractivity contribution in [3.8, 4) is 0 Å². The number of alkyl halides is 1. The molecule has 0 nitrogen and oxygen atoms in total. The molecule has 0 atom stereocenters. The van der Waals surface area contributed by atoms with Gasteiger partial charge < -0.3 is 0 Å². The minimum Gasteiger partial charge on any atom is -0.114 e. The molecule has 13 heavy (non-hydrogen) atoms. The van der Waals surface area contributed by atoms with E-state index in [-0.39, 0.29) is 0 Å². The van der Waals surface area contributed by atoms with Crippen LogP contribution in [0.3, 0.4) is 0 Å². The minimum atomic E-state index is 0.343. The molecule has 0 N–H and O–H groups in total. The van der Waals surface area contributed by atoms with Crippen molar-refractivity contribution in [3.63, 3.8) is 0 Å². The molecular formula is C7H3Cl5S. The summed E-state index contributed by atoms with van der Waals surface area (Å²) in [5.41, 5.74) is 0. The maximum Gasteiger partial charge on any atom is 0.0744 e. The van der Waals surface area contributed by atoms with Crippen molar-refractivity contribution in [2.24, 2.45) is 0 Å². The van der Waals surface area contributed by atoms with Crippen LogP contribution in [0.2, 0.25) is 20.1 Å². The van der Waals surface area contributed by atoms with Crippen molar-refractivity contribution in [1.29, 1.82) is 0 Å². The second-order valence-corrected chi connectivity index (χ2v) is 5.19. The first kappa shape index (κ1) is 12.1. The summed E-state index contributed by atoms with van der Waals surface area (Å²) in [4.78, 5) is 0.621. The molecule has 0 spiro atoms. The highest BCUT2D eigenvalue weighted by Gasteiger charge is 2.13. The Kier molecular flexibility index (Phi) is 4.84. The molecule has 0 aromatic heterocycles. The Morgan fingerprint density at radius 2 is 1.46 bits per heavy atom. The van der Waals surface area contributed by atoms with Gasteiger partial charge in [0.05, 0.1) is 25.3 Å². The van der Waals surface area contributed by atoms with Gasteiger partial charge in [0.1, 0.15) is 0 Å². The maximum atomic E-state index is 5.89. The maximum absolute atomic E-state index is 5.89. The third-order valence-electron chi connectivity index (χ3n) is 1.27. The van der Waals surface area contributed by atoms with E-state index in [1.807, 2.05) is 0 Å². The fraction of sp³-hybridized carbons (Fsp3) is 0.143. The normalized spacial score (nSPS) is 10.5. The van der Waals surface area contributed by atoms with Crippen LogP contribution in [0.1, 0.15) is 0 Å². The summed E-state index contributed by atoms with van der Waals surface area (Å²) in [5, 5.41) is 1.88. The smallest absolute Gasteiger partial charge is 0.0744 e. The zero-order valence-electron chi connectivity index (χ0n) is 6.08. The molecule has 0 aliphatic rings. The van der Waals surface area contributed by atoms with Gasteiger partial charge in [0, 0.05) is 4.90 Å². The molecule has 1 aromatic carbocycles. The standard InChI is InChI=1S/C7H3Cl5S/c8-2-13-7-5(11)3(9)1-4(10)6(7)12/h1H,2H2. The summed E-state index contributed by atoms with van der Waals surface area (Å²) in [5.74, 6) is 0. The fourth-order valence-corrected chi connectivity index (χ4v) is 2.89. The van der Waals surface area contributed by atoms with E-state index in [0.29, 0.717) is 30.2 Å². The van der Waals surface area contributed by atoms with Crippen LogP contribution in [0.25, 0.3) is 0 Å². The largest absolute Gasteiger partial charge is 0.114 e. The highest BCUT2D eigenvalue weighted by molar-refractivity contribution is 8.00. The third kappa shape index (κ3) is 2.74. The molecular weight excluding hydrogens is 293 g/mol. The monoisotopic (exact) mass is 294 g/mol. The number of benzene rings is 1. The van der Waals surface area contributed by atoms with Crippen molar-refractivity contribution in [3.05, 3.63) is 26.2 Å². The van der Waals surface area contributed by atoms with E-state index in [1.54, 1.807) is 0 Å². The van der Waals surface area contributed by atoms with E-state index in [1.165, 1.54) is 17.8 Å². The molecule has 0 radical (unpaired) electrons. The number of hydrogen-bond donors (Lipinski definition) is 0. The van der Waals surface area contributed by atoms with Gasteiger partial charge in [-0.2, -0.15) is 0 Å². The Hall–Kier alpha value is 1.02. The molecule has 0 heterocycles. The van der Waals surface area contributed by atoms with Gasteiger partial charge in [-0.3, -0.25) is 0 Å². The third-order valence-corrected chi connectivity index (χ3v) is 4.20. The quantitative estimate of drug-likeness (QED) is 0.389. The lowest BCUT2D eigenvalue weighted by Gasteiger charge is -2.07. The summed E-state index contributed by atoms with van der Waals surface area (Å²) in [6, 6.07) is 1.51. The zero-order chi connectivity index (χ0) is 10.0. The lowest BCUT2D eigenvalue weighted by Crippen LogP contribution is -1.81. The van der Waals surface area contributed by atoms with Crippen LogP contribution < -0.4 is 0 Å². The Labute approximate surface area is 105 Å². The summed E-state index contributed by atoms with van der Waals surface area (Å²) in [6.45, 7) is 0. The van der Waals surface area contributed by atoms with Crippen LogP contribution in [-0.2, 0) is 0 Å². The minimum absolute atomic E-state index is 0.343. The molecule has 0 aliphatic carbocycles. The molecule has 0 amide bonds.